The number of carbonyl (C=O) groups excluding carboxylic acids is 1. The smallest absolute Gasteiger partial charge is 0.373 e. The number of anilines is 1. The van der Waals surface area contributed by atoms with Crippen molar-refractivity contribution in [1.29, 1.82) is 0 Å². The molecule has 1 heterocycles. The molecule has 0 radical (unpaired) electrons. The van der Waals surface area contributed by atoms with E-state index in [1.54, 1.807) is 42.3 Å². The van der Waals surface area contributed by atoms with Crippen molar-refractivity contribution in [3.63, 3.8) is 0 Å². The molecule has 0 aliphatic heterocycles. The molecule has 0 fully saturated rings. The highest BCUT2D eigenvalue weighted by Crippen LogP contribution is 2.17. The maximum atomic E-state index is 11.5. The van der Waals surface area contributed by atoms with Crippen LogP contribution in [0.1, 0.15) is 22.8 Å². The molecular weight excluding hydrogens is 284 g/mol. The predicted molar refractivity (Wildman–Crippen MR) is 81.0 cm³/mol. The van der Waals surface area contributed by atoms with Gasteiger partial charge in [-0.05, 0) is 36.8 Å². The maximum Gasteiger partial charge on any atom is 0.373 e. The summed E-state index contributed by atoms with van der Waals surface area (Å²) in [6, 6.07) is 12.4. The van der Waals surface area contributed by atoms with Gasteiger partial charge in [-0.15, -0.1) is 0 Å². The first kappa shape index (κ1) is 15.9. The Morgan fingerprint density at radius 2 is 2.00 bits per heavy atom. The number of benzene rings is 1. The molecule has 0 aliphatic carbocycles. The zero-order valence-electron chi connectivity index (χ0n) is 12.5. The minimum Gasteiger partial charge on any atom is -0.374 e. The second kappa shape index (κ2) is 7.53. The highest BCUT2D eigenvalue weighted by molar-refractivity contribution is 5.88. The molecule has 1 aromatic carbocycles. The minimum absolute atomic E-state index is 0.395. The molecule has 1 N–H and O–H groups in total. The molecule has 1 unspecified atom stereocenters. The SMILES string of the molecule is COOC(=O)c1ccc(CN(c2ccccn2)C(C)O)cc1. The third kappa shape index (κ3) is 4.03. The molecule has 0 aliphatic rings. The first-order valence-corrected chi connectivity index (χ1v) is 6.81. The molecule has 2 rings (SSSR count). The summed E-state index contributed by atoms with van der Waals surface area (Å²) in [6.07, 6.45) is 0.988. The molecule has 0 saturated heterocycles. The highest BCUT2D eigenvalue weighted by atomic mass is 17.2. The normalized spacial score (nSPS) is 11.8. The quantitative estimate of drug-likeness (QED) is 0.501. The summed E-state index contributed by atoms with van der Waals surface area (Å²) >= 11 is 0. The number of carbonyl (C=O) groups is 1. The standard InChI is InChI=1S/C16H18N2O4/c1-12(19)18(15-5-3-4-10-17-15)11-13-6-8-14(9-7-13)16(20)22-21-2/h3-10,12,19H,11H2,1-2H3. The predicted octanol–water partition coefficient (Wildman–Crippen LogP) is 2.14. The van der Waals surface area contributed by atoms with E-state index in [-0.39, 0.29) is 0 Å². The van der Waals surface area contributed by atoms with Crippen molar-refractivity contribution in [2.75, 3.05) is 12.0 Å². The van der Waals surface area contributed by atoms with E-state index < -0.39 is 12.2 Å². The van der Waals surface area contributed by atoms with E-state index in [1.165, 1.54) is 7.11 Å². The third-order valence-corrected chi connectivity index (χ3v) is 3.10. The molecule has 0 bridgehead atoms. The van der Waals surface area contributed by atoms with Crippen LogP contribution in [0.3, 0.4) is 0 Å². The van der Waals surface area contributed by atoms with Crippen molar-refractivity contribution in [3.05, 3.63) is 59.8 Å². The number of rotatable bonds is 6. The summed E-state index contributed by atoms with van der Waals surface area (Å²) in [4.78, 5) is 26.3. The van der Waals surface area contributed by atoms with Crippen molar-refractivity contribution in [2.45, 2.75) is 19.7 Å². The van der Waals surface area contributed by atoms with Crippen LogP contribution in [0.5, 0.6) is 0 Å². The Balaban J connectivity index is 2.12. The van der Waals surface area contributed by atoms with E-state index in [0.717, 1.165) is 5.56 Å². The molecule has 0 amide bonds. The molecule has 1 aromatic heterocycles. The van der Waals surface area contributed by atoms with Gasteiger partial charge in [0.2, 0.25) is 0 Å². The Kier molecular flexibility index (Phi) is 5.46. The number of aromatic nitrogens is 1. The second-order valence-corrected chi connectivity index (χ2v) is 4.68. The number of hydrogen-bond donors (Lipinski definition) is 1. The molecule has 2 aromatic rings. The van der Waals surface area contributed by atoms with Gasteiger partial charge in [0.15, 0.2) is 0 Å². The van der Waals surface area contributed by atoms with Crippen LogP contribution in [0.4, 0.5) is 5.82 Å². The van der Waals surface area contributed by atoms with Gasteiger partial charge in [0, 0.05) is 12.7 Å². The minimum atomic E-state index is -0.687. The Morgan fingerprint density at radius 1 is 1.27 bits per heavy atom. The number of nitrogens with zero attached hydrogens (tertiary/aromatic N) is 2. The van der Waals surface area contributed by atoms with Crippen LogP contribution in [0.2, 0.25) is 0 Å². The van der Waals surface area contributed by atoms with Crippen molar-refractivity contribution in [3.8, 4) is 0 Å². The fourth-order valence-corrected chi connectivity index (χ4v) is 1.99. The lowest BCUT2D eigenvalue weighted by molar-refractivity contribution is -0.216. The average molecular weight is 302 g/mol. The summed E-state index contributed by atoms with van der Waals surface area (Å²) in [6.45, 7) is 2.15. The van der Waals surface area contributed by atoms with Crippen molar-refractivity contribution < 1.29 is 19.7 Å². The molecule has 0 spiro atoms. The van der Waals surface area contributed by atoms with Crippen LogP contribution >= 0.6 is 0 Å². The summed E-state index contributed by atoms with van der Waals surface area (Å²) in [5, 5.41) is 9.93. The lowest BCUT2D eigenvalue weighted by Gasteiger charge is -2.26. The van der Waals surface area contributed by atoms with Gasteiger partial charge >= 0.3 is 5.97 Å². The first-order valence-electron chi connectivity index (χ1n) is 6.81. The maximum absolute atomic E-state index is 11.5. The van der Waals surface area contributed by atoms with Crippen LogP contribution < -0.4 is 4.90 Å². The van der Waals surface area contributed by atoms with Crippen LogP contribution in [0.15, 0.2) is 48.7 Å². The van der Waals surface area contributed by atoms with Crippen LogP contribution in [-0.4, -0.2) is 29.4 Å². The number of hydrogen-bond acceptors (Lipinski definition) is 6. The molecule has 6 heteroatoms. The van der Waals surface area contributed by atoms with Gasteiger partial charge in [-0.25, -0.2) is 9.78 Å². The number of aliphatic hydroxyl groups excluding tert-OH is 1. The van der Waals surface area contributed by atoms with Gasteiger partial charge in [0.1, 0.15) is 12.0 Å². The van der Waals surface area contributed by atoms with Gasteiger partial charge < -0.3 is 10.0 Å². The van der Waals surface area contributed by atoms with Crippen LogP contribution in [0, 0.1) is 0 Å². The molecule has 0 saturated carbocycles. The average Bonchev–Trinajstić information content (AvgIpc) is 2.54. The summed E-state index contributed by atoms with van der Waals surface area (Å²) in [5.41, 5.74) is 1.33. The van der Waals surface area contributed by atoms with E-state index in [9.17, 15) is 9.90 Å². The Hall–Kier alpha value is -2.44. The summed E-state index contributed by atoms with van der Waals surface area (Å²) in [5.74, 6) is 0.131. The Bertz CT molecular complexity index is 599. The zero-order valence-corrected chi connectivity index (χ0v) is 12.5. The van der Waals surface area contributed by atoms with E-state index in [1.807, 2.05) is 18.2 Å². The fourth-order valence-electron chi connectivity index (χ4n) is 1.99. The van der Waals surface area contributed by atoms with Crippen molar-refractivity contribution in [1.82, 2.24) is 4.98 Å². The number of aliphatic hydroxyl groups is 1. The lowest BCUT2D eigenvalue weighted by atomic mass is 10.1. The van der Waals surface area contributed by atoms with E-state index in [0.29, 0.717) is 17.9 Å². The Labute approximate surface area is 128 Å². The largest absolute Gasteiger partial charge is 0.374 e. The molecule has 22 heavy (non-hydrogen) atoms. The first-order chi connectivity index (χ1) is 10.6. The van der Waals surface area contributed by atoms with Crippen molar-refractivity contribution >= 4 is 11.8 Å². The van der Waals surface area contributed by atoms with Gasteiger partial charge in [-0.2, -0.15) is 4.89 Å². The summed E-state index contributed by atoms with van der Waals surface area (Å²) in [7, 11) is 1.28. The number of pyridine rings is 1. The summed E-state index contributed by atoms with van der Waals surface area (Å²) < 4.78 is 0. The molecule has 1 atom stereocenters. The van der Waals surface area contributed by atoms with Crippen molar-refractivity contribution in [2.24, 2.45) is 0 Å². The van der Waals surface area contributed by atoms with E-state index in [2.05, 4.69) is 14.8 Å². The van der Waals surface area contributed by atoms with Crippen LogP contribution in [0.25, 0.3) is 0 Å². The fraction of sp³-hybridized carbons (Fsp3) is 0.250. The van der Waals surface area contributed by atoms with E-state index >= 15 is 0 Å². The molecule has 116 valence electrons. The topological polar surface area (TPSA) is 71.9 Å². The van der Waals surface area contributed by atoms with Gasteiger partial charge in [-0.1, -0.05) is 18.2 Å². The Morgan fingerprint density at radius 3 is 2.55 bits per heavy atom. The van der Waals surface area contributed by atoms with Gasteiger partial charge in [0.25, 0.3) is 0 Å². The van der Waals surface area contributed by atoms with Gasteiger partial charge in [-0.3, -0.25) is 4.89 Å². The van der Waals surface area contributed by atoms with Gasteiger partial charge in [0.05, 0.1) is 12.7 Å². The lowest BCUT2D eigenvalue weighted by Crippen LogP contribution is -2.32. The highest BCUT2D eigenvalue weighted by Gasteiger charge is 2.14. The second-order valence-electron chi connectivity index (χ2n) is 4.68. The van der Waals surface area contributed by atoms with E-state index in [4.69, 9.17) is 0 Å². The zero-order chi connectivity index (χ0) is 15.9. The monoisotopic (exact) mass is 302 g/mol. The van der Waals surface area contributed by atoms with Crippen LogP contribution in [-0.2, 0) is 16.3 Å². The molecular formula is C16H18N2O4. The molecule has 6 nitrogen and oxygen atoms in total. The third-order valence-electron chi connectivity index (χ3n) is 3.10.